The van der Waals surface area contributed by atoms with Crippen LogP contribution in [0.1, 0.15) is 42.5 Å². The zero-order chi connectivity index (χ0) is 18.0. The maximum absolute atomic E-state index is 12.0. The van der Waals surface area contributed by atoms with E-state index in [2.05, 4.69) is 5.32 Å². The third kappa shape index (κ3) is 3.14. The van der Waals surface area contributed by atoms with Crippen molar-refractivity contribution in [3.8, 4) is 11.5 Å². The molecule has 5 nitrogen and oxygen atoms in total. The van der Waals surface area contributed by atoms with Gasteiger partial charge in [-0.15, -0.1) is 11.3 Å². The van der Waals surface area contributed by atoms with E-state index in [0.717, 1.165) is 29.0 Å². The van der Waals surface area contributed by atoms with Crippen LogP contribution in [0.5, 0.6) is 11.5 Å². The number of carbonyl (C=O) groups excluding carboxylic acids is 1. The van der Waals surface area contributed by atoms with Gasteiger partial charge in [-0.05, 0) is 49.3 Å². The Morgan fingerprint density at radius 2 is 2.08 bits per heavy atom. The van der Waals surface area contributed by atoms with E-state index in [9.17, 15) is 4.79 Å². The number of methoxy groups -OCH3 is 1. The van der Waals surface area contributed by atoms with E-state index in [1.165, 1.54) is 12.8 Å². The molecule has 1 amide bonds. The van der Waals surface area contributed by atoms with Gasteiger partial charge in [0, 0.05) is 18.5 Å². The number of alkyl carbamates (subject to hydrolysis) is 1. The summed E-state index contributed by atoms with van der Waals surface area (Å²) < 4.78 is 17.6. The SMILES string of the molecule is COc1ccc(C2(c3cccs3)CCNC(=O)O2)cc1OC1CCCC1. The first-order chi connectivity index (χ1) is 12.7. The van der Waals surface area contributed by atoms with Crippen molar-refractivity contribution < 1.29 is 19.0 Å². The zero-order valence-corrected chi connectivity index (χ0v) is 15.6. The molecule has 1 saturated heterocycles. The highest BCUT2D eigenvalue weighted by molar-refractivity contribution is 7.10. The predicted molar refractivity (Wildman–Crippen MR) is 100 cm³/mol. The molecule has 2 fully saturated rings. The number of ether oxygens (including phenoxy) is 3. The summed E-state index contributed by atoms with van der Waals surface area (Å²) in [6, 6.07) is 9.86. The van der Waals surface area contributed by atoms with Crippen LogP contribution in [-0.2, 0) is 10.3 Å². The minimum absolute atomic E-state index is 0.229. The molecule has 0 spiro atoms. The van der Waals surface area contributed by atoms with Crippen molar-refractivity contribution in [1.82, 2.24) is 5.32 Å². The summed E-state index contributed by atoms with van der Waals surface area (Å²) in [6.07, 6.45) is 5.06. The quantitative estimate of drug-likeness (QED) is 0.841. The molecule has 2 heterocycles. The van der Waals surface area contributed by atoms with Crippen LogP contribution in [0.2, 0.25) is 0 Å². The Labute approximate surface area is 157 Å². The van der Waals surface area contributed by atoms with E-state index >= 15 is 0 Å². The number of nitrogens with one attached hydrogen (secondary N) is 1. The molecule has 6 heteroatoms. The smallest absolute Gasteiger partial charge is 0.408 e. The van der Waals surface area contributed by atoms with E-state index in [4.69, 9.17) is 14.2 Å². The number of benzene rings is 1. The van der Waals surface area contributed by atoms with Crippen LogP contribution < -0.4 is 14.8 Å². The van der Waals surface area contributed by atoms with Crippen molar-refractivity contribution >= 4 is 17.4 Å². The lowest BCUT2D eigenvalue weighted by Crippen LogP contribution is -2.45. The fourth-order valence-corrected chi connectivity index (χ4v) is 4.73. The number of hydrogen-bond donors (Lipinski definition) is 1. The average molecular weight is 373 g/mol. The van der Waals surface area contributed by atoms with Gasteiger partial charge in [0.25, 0.3) is 0 Å². The van der Waals surface area contributed by atoms with Gasteiger partial charge in [0.2, 0.25) is 0 Å². The molecule has 0 bridgehead atoms. The van der Waals surface area contributed by atoms with Crippen LogP contribution in [0.4, 0.5) is 4.79 Å². The molecular formula is C20H23NO4S. The van der Waals surface area contributed by atoms with Crippen LogP contribution in [0.15, 0.2) is 35.7 Å². The van der Waals surface area contributed by atoms with Gasteiger partial charge in [0.15, 0.2) is 17.1 Å². The third-order valence-electron chi connectivity index (χ3n) is 5.16. The van der Waals surface area contributed by atoms with Gasteiger partial charge in [-0.3, -0.25) is 0 Å². The zero-order valence-electron chi connectivity index (χ0n) is 14.8. The first kappa shape index (κ1) is 17.2. The molecular weight excluding hydrogens is 350 g/mol. The topological polar surface area (TPSA) is 56.8 Å². The molecule has 1 unspecified atom stereocenters. The molecule has 1 aliphatic carbocycles. The number of hydrogen-bond acceptors (Lipinski definition) is 5. The molecule has 4 rings (SSSR count). The van der Waals surface area contributed by atoms with Crippen molar-refractivity contribution in [2.24, 2.45) is 0 Å². The molecule has 26 heavy (non-hydrogen) atoms. The second-order valence-corrected chi connectivity index (χ2v) is 7.71. The molecule has 1 atom stereocenters. The molecule has 1 N–H and O–H groups in total. The Bertz CT molecular complexity index is 770. The Kier molecular flexibility index (Phi) is 4.76. The van der Waals surface area contributed by atoms with Crippen LogP contribution in [0.25, 0.3) is 0 Å². The van der Waals surface area contributed by atoms with E-state index in [-0.39, 0.29) is 6.10 Å². The minimum Gasteiger partial charge on any atom is -0.493 e. The van der Waals surface area contributed by atoms with Crippen LogP contribution >= 0.6 is 11.3 Å². The van der Waals surface area contributed by atoms with Crippen molar-refractivity contribution in [3.05, 3.63) is 46.2 Å². The monoisotopic (exact) mass is 373 g/mol. The van der Waals surface area contributed by atoms with Gasteiger partial charge in [-0.1, -0.05) is 12.1 Å². The highest BCUT2D eigenvalue weighted by Crippen LogP contribution is 2.44. The van der Waals surface area contributed by atoms with Crippen molar-refractivity contribution in [2.75, 3.05) is 13.7 Å². The number of thiophene rings is 1. The summed E-state index contributed by atoms with van der Waals surface area (Å²) in [6.45, 7) is 0.571. The highest BCUT2D eigenvalue weighted by Gasteiger charge is 2.42. The van der Waals surface area contributed by atoms with Gasteiger partial charge in [-0.2, -0.15) is 0 Å². The fourth-order valence-electron chi connectivity index (χ4n) is 3.82. The van der Waals surface area contributed by atoms with Crippen molar-refractivity contribution in [3.63, 3.8) is 0 Å². The Balaban J connectivity index is 1.75. The van der Waals surface area contributed by atoms with Gasteiger partial charge < -0.3 is 19.5 Å². The molecule has 1 aliphatic heterocycles. The van der Waals surface area contributed by atoms with Crippen molar-refractivity contribution in [1.29, 1.82) is 0 Å². The summed E-state index contributed by atoms with van der Waals surface area (Å²) >= 11 is 1.60. The Morgan fingerprint density at radius 1 is 1.23 bits per heavy atom. The van der Waals surface area contributed by atoms with E-state index in [1.807, 2.05) is 35.7 Å². The molecule has 2 aromatic rings. The molecule has 1 aromatic carbocycles. The summed E-state index contributed by atoms with van der Waals surface area (Å²) in [4.78, 5) is 13.1. The Morgan fingerprint density at radius 3 is 2.77 bits per heavy atom. The third-order valence-corrected chi connectivity index (χ3v) is 6.17. The summed E-state index contributed by atoms with van der Waals surface area (Å²) in [7, 11) is 1.65. The van der Waals surface area contributed by atoms with Crippen molar-refractivity contribution in [2.45, 2.75) is 43.8 Å². The maximum Gasteiger partial charge on any atom is 0.408 e. The minimum atomic E-state index is -0.781. The van der Waals surface area contributed by atoms with Gasteiger partial charge >= 0.3 is 6.09 Å². The molecule has 2 aliphatic rings. The van der Waals surface area contributed by atoms with Gasteiger partial charge in [0.05, 0.1) is 18.1 Å². The standard InChI is InChI=1S/C20H23NO4S/c1-23-16-9-8-14(13-17(16)24-15-5-2-3-6-15)20(18-7-4-12-26-18)10-11-21-19(22)25-20/h4,7-9,12-13,15H,2-3,5-6,10-11H2,1H3,(H,21,22). The summed E-state index contributed by atoms with van der Waals surface area (Å²) in [5.74, 6) is 1.43. The summed E-state index contributed by atoms with van der Waals surface area (Å²) in [5.41, 5.74) is 0.139. The lowest BCUT2D eigenvalue weighted by Gasteiger charge is -2.37. The number of amides is 1. The number of rotatable bonds is 5. The van der Waals surface area contributed by atoms with Crippen LogP contribution in [0.3, 0.4) is 0 Å². The number of cyclic esters (lactones) is 1. The second kappa shape index (κ2) is 7.19. The normalized spacial score (nSPS) is 23.3. The fraction of sp³-hybridized carbons (Fsp3) is 0.450. The van der Waals surface area contributed by atoms with E-state index in [1.54, 1.807) is 18.4 Å². The number of carbonyl (C=O) groups is 1. The first-order valence-electron chi connectivity index (χ1n) is 9.07. The highest BCUT2D eigenvalue weighted by atomic mass is 32.1. The maximum atomic E-state index is 12.0. The molecule has 1 saturated carbocycles. The molecule has 1 aromatic heterocycles. The lowest BCUT2D eigenvalue weighted by molar-refractivity contribution is 0.0159. The predicted octanol–water partition coefficient (Wildman–Crippen LogP) is 4.45. The van der Waals surface area contributed by atoms with E-state index in [0.29, 0.717) is 18.7 Å². The van der Waals surface area contributed by atoms with Crippen LogP contribution in [0, 0.1) is 0 Å². The first-order valence-corrected chi connectivity index (χ1v) is 9.95. The lowest BCUT2D eigenvalue weighted by atomic mass is 9.87. The van der Waals surface area contributed by atoms with Gasteiger partial charge in [0.1, 0.15) is 0 Å². The second-order valence-electron chi connectivity index (χ2n) is 6.76. The molecule has 138 valence electrons. The average Bonchev–Trinajstić information content (AvgIpc) is 3.36. The summed E-state index contributed by atoms with van der Waals surface area (Å²) in [5, 5.41) is 4.76. The largest absolute Gasteiger partial charge is 0.493 e. The van der Waals surface area contributed by atoms with Gasteiger partial charge in [-0.25, -0.2) is 4.79 Å². The van der Waals surface area contributed by atoms with E-state index < -0.39 is 11.7 Å². The molecule has 0 radical (unpaired) electrons. The Hall–Kier alpha value is -2.21. The van der Waals surface area contributed by atoms with Crippen LogP contribution in [-0.4, -0.2) is 25.9 Å².